The molecule has 0 unspecified atom stereocenters. The maximum absolute atomic E-state index is 5.27. The molecule has 0 bridgehead atoms. The summed E-state index contributed by atoms with van der Waals surface area (Å²) in [5.41, 5.74) is 3.74. The van der Waals surface area contributed by atoms with Gasteiger partial charge in [0.25, 0.3) is 0 Å². The molecule has 1 aromatic rings. The van der Waals surface area contributed by atoms with E-state index in [1.54, 1.807) is 0 Å². The number of nitrogens with zero attached hydrogens (tertiary/aromatic N) is 2. The molecule has 0 saturated carbocycles. The van der Waals surface area contributed by atoms with Crippen molar-refractivity contribution >= 4 is 11.5 Å². The van der Waals surface area contributed by atoms with Crippen molar-refractivity contribution in [2.24, 2.45) is 5.84 Å². The van der Waals surface area contributed by atoms with Crippen LogP contribution in [0.15, 0.2) is 18.3 Å². The van der Waals surface area contributed by atoms with Gasteiger partial charge < -0.3 is 10.3 Å². The molecule has 0 saturated heterocycles. The fraction of sp³-hybridized carbons (Fsp3) is 0.545. The standard InChI is InChI=1S/C11H20N4/c1-5-15(11(2,3)4)9-6-7-10(14-12)13-8-9/h6-8H,5,12H2,1-4H3,(H,13,14). The summed E-state index contributed by atoms with van der Waals surface area (Å²) in [4.78, 5) is 6.49. The number of hydrazine groups is 1. The Hall–Kier alpha value is -1.29. The Morgan fingerprint density at radius 1 is 1.40 bits per heavy atom. The van der Waals surface area contributed by atoms with E-state index in [9.17, 15) is 0 Å². The van der Waals surface area contributed by atoms with E-state index >= 15 is 0 Å². The van der Waals surface area contributed by atoms with Gasteiger partial charge in [0.05, 0.1) is 11.9 Å². The molecule has 84 valence electrons. The smallest absolute Gasteiger partial charge is 0.140 e. The summed E-state index contributed by atoms with van der Waals surface area (Å²) in [6, 6.07) is 3.90. The molecule has 4 heteroatoms. The third-order valence-corrected chi connectivity index (χ3v) is 2.33. The van der Waals surface area contributed by atoms with Gasteiger partial charge in [0, 0.05) is 12.1 Å². The van der Waals surface area contributed by atoms with E-state index in [1.807, 2.05) is 18.3 Å². The van der Waals surface area contributed by atoms with E-state index in [4.69, 9.17) is 5.84 Å². The number of hydrogen-bond acceptors (Lipinski definition) is 4. The Bertz CT molecular complexity index is 299. The topological polar surface area (TPSA) is 54.2 Å². The van der Waals surface area contributed by atoms with Gasteiger partial charge >= 0.3 is 0 Å². The second kappa shape index (κ2) is 4.49. The highest BCUT2D eigenvalue weighted by atomic mass is 15.3. The average molecular weight is 208 g/mol. The molecule has 0 amide bonds. The molecule has 0 aliphatic carbocycles. The number of anilines is 2. The molecule has 0 atom stereocenters. The Kier molecular flexibility index (Phi) is 3.52. The Balaban J connectivity index is 2.93. The number of aromatic nitrogens is 1. The van der Waals surface area contributed by atoms with Gasteiger partial charge in [-0.2, -0.15) is 0 Å². The third-order valence-electron chi connectivity index (χ3n) is 2.33. The molecular formula is C11H20N4. The summed E-state index contributed by atoms with van der Waals surface area (Å²) in [6.45, 7) is 9.66. The van der Waals surface area contributed by atoms with E-state index in [-0.39, 0.29) is 5.54 Å². The number of nitrogens with one attached hydrogen (secondary N) is 1. The van der Waals surface area contributed by atoms with Crippen LogP contribution in [-0.2, 0) is 0 Å². The van der Waals surface area contributed by atoms with Crippen LogP contribution >= 0.6 is 0 Å². The van der Waals surface area contributed by atoms with E-state index in [2.05, 4.69) is 43.0 Å². The average Bonchev–Trinajstić information content (AvgIpc) is 2.18. The van der Waals surface area contributed by atoms with Gasteiger partial charge in [0.2, 0.25) is 0 Å². The molecule has 1 rings (SSSR count). The van der Waals surface area contributed by atoms with Crippen LogP contribution < -0.4 is 16.2 Å². The maximum Gasteiger partial charge on any atom is 0.140 e. The van der Waals surface area contributed by atoms with Crippen LogP contribution in [0.5, 0.6) is 0 Å². The lowest BCUT2D eigenvalue weighted by Crippen LogP contribution is -2.41. The Labute approximate surface area is 91.5 Å². The second-order valence-corrected chi connectivity index (χ2v) is 4.46. The monoisotopic (exact) mass is 208 g/mol. The molecule has 3 N–H and O–H groups in total. The first-order valence-electron chi connectivity index (χ1n) is 5.19. The van der Waals surface area contributed by atoms with Crippen molar-refractivity contribution in [3.63, 3.8) is 0 Å². The molecule has 4 nitrogen and oxygen atoms in total. The second-order valence-electron chi connectivity index (χ2n) is 4.46. The molecule has 0 aliphatic heterocycles. The lowest BCUT2D eigenvalue weighted by atomic mass is 10.1. The minimum Gasteiger partial charge on any atom is -0.366 e. The lowest BCUT2D eigenvalue weighted by Gasteiger charge is -2.36. The lowest BCUT2D eigenvalue weighted by molar-refractivity contribution is 0.513. The first-order valence-corrected chi connectivity index (χ1v) is 5.19. The van der Waals surface area contributed by atoms with Gasteiger partial charge in [-0.25, -0.2) is 10.8 Å². The SMILES string of the molecule is CCN(c1ccc(NN)nc1)C(C)(C)C. The van der Waals surface area contributed by atoms with Crippen molar-refractivity contribution in [1.29, 1.82) is 0 Å². The summed E-state index contributed by atoms with van der Waals surface area (Å²) in [6.07, 6.45) is 1.84. The fourth-order valence-electron chi connectivity index (χ4n) is 1.68. The van der Waals surface area contributed by atoms with E-state index in [0.29, 0.717) is 5.82 Å². The number of hydrogen-bond donors (Lipinski definition) is 2. The van der Waals surface area contributed by atoms with Crippen molar-refractivity contribution in [1.82, 2.24) is 4.98 Å². The summed E-state index contributed by atoms with van der Waals surface area (Å²) in [5, 5.41) is 0. The van der Waals surface area contributed by atoms with Crippen LogP contribution in [0.2, 0.25) is 0 Å². The van der Waals surface area contributed by atoms with E-state index in [1.165, 1.54) is 0 Å². The van der Waals surface area contributed by atoms with Crippen LogP contribution in [0.25, 0.3) is 0 Å². The quantitative estimate of drug-likeness (QED) is 0.589. The van der Waals surface area contributed by atoms with Gasteiger partial charge in [-0.3, -0.25) is 0 Å². The number of pyridine rings is 1. The zero-order chi connectivity index (χ0) is 11.5. The van der Waals surface area contributed by atoms with Crippen LogP contribution in [0.3, 0.4) is 0 Å². The highest BCUT2D eigenvalue weighted by Gasteiger charge is 2.19. The van der Waals surface area contributed by atoms with Crippen molar-refractivity contribution < 1.29 is 0 Å². The molecule has 1 aromatic heterocycles. The molecule has 15 heavy (non-hydrogen) atoms. The largest absolute Gasteiger partial charge is 0.366 e. The summed E-state index contributed by atoms with van der Waals surface area (Å²) in [7, 11) is 0. The minimum absolute atomic E-state index is 0.105. The van der Waals surface area contributed by atoms with Gasteiger partial charge in [-0.15, -0.1) is 0 Å². The maximum atomic E-state index is 5.27. The minimum atomic E-state index is 0.105. The molecule has 0 aliphatic rings. The Morgan fingerprint density at radius 2 is 2.07 bits per heavy atom. The van der Waals surface area contributed by atoms with Gasteiger partial charge in [0.15, 0.2) is 0 Å². The summed E-state index contributed by atoms with van der Waals surface area (Å²) in [5.74, 6) is 5.95. The normalized spacial score (nSPS) is 11.3. The predicted molar refractivity (Wildman–Crippen MR) is 64.8 cm³/mol. The molecule has 1 heterocycles. The van der Waals surface area contributed by atoms with Gasteiger partial charge in [-0.1, -0.05) is 0 Å². The van der Waals surface area contributed by atoms with Crippen LogP contribution in [-0.4, -0.2) is 17.1 Å². The van der Waals surface area contributed by atoms with Crippen LogP contribution in [0, 0.1) is 0 Å². The van der Waals surface area contributed by atoms with Crippen molar-refractivity contribution in [3.8, 4) is 0 Å². The van der Waals surface area contributed by atoms with E-state index < -0.39 is 0 Å². The first-order chi connectivity index (χ1) is 6.99. The predicted octanol–water partition coefficient (Wildman–Crippen LogP) is 1.99. The van der Waals surface area contributed by atoms with Gasteiger partial charge in [-0.05, 0) is 39.8 Å². The number of nitrogen functional groups attached to an aromatic ring is 1. The highest BCUT2D eigenvalue weighted by molar-refractivity contribution is 5.50. The molecule has 0 radical (unpaired) electrons. The highest BCUT2D eigenvalue weighted by Crippen LogP contribution is 2.23. The van der Waals surface area contributed by atoms with E-state index in [0.717, 1.165) is 12.2 Å². The van der Waals surface area contributed by atoms with Crippen LogP contribution in [0.4, 0.5) is 11.5 Å². The third kappa shape index (κ3) is 2.83. The molecule has 0 aromatic carbocycles. The zero-order valence-corrected chi connectivity index (χ0v) is 9.91. The zero-order valence-electron chi connectivity index (χ0n) is 9.91. The first kappa shape index (κ1) is 11.8. The fourth-order valence-corrected chi connectivity index (χ4v) is 1.68. The molecule has 0 fully saturated rings. The van der Waals surface area contributed by atoms with Crippen molar-refractivity contribution in [2.75, 3.05) is 16.9 Å². The van der Waals surface area contributed by atoms with Crippen molar-refractivity contribution in [2.45, 2.75) is 33.2 Å². The molecule has 0 spiro atoms. The number of nitrogens with two attached hydrogens (primary N) is 1. The van der Waals surface area contributed by atoms with Crippen LogP contribution in [0.1, 0.15) is 27.7 Å². The molecular weight excluding hydrogens is 188 g/mol. The Morgan fingerprint density at radius 3 is 2.40 bits per heavy atom. The summed E-state index contributed by atoms with van der Waals surface area (Å²) < 4.78 is 0. The van der Waals surface area contributed by atoms with Gasteiger partial charge in [0.1, 0.15) is 5.82 Å². The number of rotatable bonds is 3. The summed E-state index contributed by atoms with van der Waals surface area (Å²) >= 11 is 0. The van der Waals surface area contributed by atoms with Crippen molar-refractivity contribution in [3.05, 3.63) is 18.3 Å².